The third-order valence-corrected chi connectivity index (χ3v) is 8.24. The van der Waals surface area contributed by atoms with Gasteiger partial charge in [-0.1, -0.05) is 36.4 Å². The number of nitrogens with one attached hydrogen (secondary N) is 2. The number of carbonyl (C=O) groups is 1. The van der Waals surface area contributed by atoms with Crippen LogP contribution in [0.25, 0.3) is 33.9 Å². The number of methoxy groups -OCH3 is 2. The number of hydrogen-bond acceptors (Lipinski definition) is 8. The number of guanidine groups is 2. The number of ether oxygens (including phenoxy) is 3. The zero-order valence-corrected chi connectivity index (χ0v) is 26.4. The minimum Gasteiger partial charge on any atom is -0.496 e. The molecule has 0 atom stereocenters. The van der Waals surface area contributed by atoms with Crippen LogP contribution in [0, 0.1) is 10.8 Å². The molecule has 13 nitrogen and oxygen atoms in total. The summed E-state index contributed by atoms with van der Waals surface area (Å²) in [6.45, 7) is 1.37. The summed E-state index contributed by atoms with van der Waals surface area (Å²) in [7, 11) is 3.07. The lowest BCUT2D eigenvalue weighted by Gasteiger charge is -2.27. The van der Waals surface area contributed by atoms with Gasteiger partial charge in [0, 0.05) is 48.4 Å². The minimum absolute atomic E-state index is 0.00278. The van der Waals surface area contributed by atoms with E-state index in [1.54, 1.807) is 26.5 Å². The van der Waals surface area contributed by atoms with Crippen LogP contribution in [0.15, 0.2) is 48.6 Å². The number of nitrogens with zero attached hydrogens (tertiary/aromatic N) is 5. The van der Waals surface area contributed by atoms with Crippen molar-refractivity contribution in [3.05, 3.63) is 59.7 Å². The van der Waals surface area contributed by atoms with Gasteiger partial charge in [-0.15, -0.1) is 10.2 Å². The summed E-state index contributed by atoms with van der Waals surface area (Å²) in [6, 6.07) is 10.9. The Morgan fingerprint density at radius 3 is 1.65 bits per heavy atom. The van der Waals surface area contributed by atoms with Gasteiger partial charge in [-0.25, -0.2) is 4.79 Å². The molecule has 0 saturated carbocycles. The van der Waals surface area contributed by atoms with Crippen LogP contribution in [0.2, 0.25) is 0 Å². The molecule has 3 heterocycles. The quantitative estimate of drug-likeness (QED) is 0.149. The van der Waals surface area contributed by atoms with Gasteiger partial charge >= 0.3 is 12.1 Å². The normalized spacial score (nSPS) is 15.0. The number of rotatable bonds is 9. The summed E-state index contributed by atoms with van der Waals surface area (Å²) in [5.41, 5.74) is 16.1. The molecule has 2 aliphatic rings. The van der Waals surface area contributed by atoms with Crippen LogP contribution >= 0.6 is 0 Å². The predicted octanol–water partition coefficient (Wildman–Crippen LogP) is 3.70. The van der Waals surface area contributed by atoms with Crippen molar-refractivity contribution in [2.45, 2.75) is 25.6 Å². The Bertz CT molecular complexity index is 1670. The number of halogens is 3. The van der Waals surface area contributed by atoms with E-state index in [0.717, 1.165) is 22.3 Å². The molecular weight excluding hydrogens is 631 g/mol. The summed E-state index contributed by atoms with van der Waals surface area (Å²) < 4.78 is 56.2. The summed E-state index contributed by atoms with van der Waals surface area (Å²) in [5.74, 6) is -0.550. The number of nitrogens with two attached hydrogens (primary N) is 2. The zero-order chi connectivity index (χ0) is 34.6. The molecule has 0 saturated heterocycles. The van der Waals surface area contributed by atoms with E-state index in [4.69, 9.17) is 31.8 Å². The molecule has 5 rings (SSSR count). The van der Waals surface area contributed by atoms with Crippen molar-refractivity contribution in [1.82, 2.24) is 24.6 Å². The van der Waals surface area contributed by atoms with E-state index >= 15 is 0 Å². The van der Waals surface area contributed by atoms with Gasteiger partial charge in [0.2, 0.25) is 0 Å². The lowest BCUT2D eigenvalue weighted by atomic mass is 9.97. The average molecular weight is 668 g/mol. The Hall–Kier alpha value is -5.54. The molecule has 2 aromatic carbocycles. The monoisotopic (exact) mass is 667 g/mol. The van der Waals surface area contributed by atoms with Crippen LogP contribution in [0.4, 0.5) is 13.2 Å². The summed E-state index contributed by atoms with van der Waals surface area (Å²) in [6.07, 6.45) is 0.124. The van der Waals surface area contributed by atoms with Crippen LogP contribution < -0.4 is 20.9 Å². The molecule has 0 amide bonds. The summed E-state index contributed by atoms with van der Waals surface area (Å²) in [5, 5.41) is 24.1. The van der Waals surface area contributed by atoms with Gasteiger partial charge in [0.1, 0.15) is 18.1 Å². The van der Waals surface area contributed by atoms with E-state index in [1.807, 2.05) is 36.4 Å². The second-order valence-electron chi connectivity index (χ2n) is 11.1. The lowest BCUT2D eigenvalue weighted by Crippen LogP contribution is -2.39. The highest BCUT2D eigenvalue weighted by atomic mass is 19.4. The first-order valence-electron chi connectivity index (χ1n) is 15.0. The third-order valence-electron chi connectivity index (χ3n) is 8.24. The fraction of sp³-hybridized carbons (Fsp3) is 0.344. The molecule has 48 heavy (non-hydrogen) atoms. The van der Waals surface area contributed by atoms with Crippen molar-refractivity contribution >= 4 is 29.0 Å². The van der Waals surface area contributed by atoms with Gasteiger partial charge in [0.15, 0.2) is 23.6 Å². The van der Waals surface area contributed by atoms with Crippen LogP contribution in [-0.4, -0.2) is 95.6 Å². The smallest absolute Gasteiger partial charge is 0.490 e. The highest BCUT2D eigenvalue weighted by molar-refractivity contribution is 5.81. The number of hydrogen-bond donors (Lipinski definition) is 4. The first kappa shape index (κ1) is 33.8. The van der Waals surface area contributed by atoms with E-state index in [9.17, 15) is 18.0 Å². The van der Waals surface area contributed by atoms with Crippen molar-refractivity contribution < 1.29 is 32.2 Å². The first-order chi connectivity index (χ1) is 22.9. The van der Waals surface area contributed by atoms with Crippen molar-refractivity contribution in [1.29, 1.82) is 10.8 Å². The first-order valence-corrected chi connectivity index (χ1v) is 15.0. The van der Waals surface area contributed by atoms with Crippen LogP contribution in [0.3, 0.4) is 0 Å². The molecule has 0 aliphatic carbocycles. The van der Waals surface area contributed by atoms with Gasteiger partial charge in [-0.2, -0.15) is 13.2 Å². The Kier molecular flexibility index (Phi) is 9.91. The Morgan fingerprint density at radius 2 is 1.29 bits per heavy atom. The maximum absolute atomic E-state index is 12.9. The summed E-state index contributed by atoms with van der Waals surface area (Å²) >= 11 is 0. The number of benzene rings is 2. The number of carbonyl (C=O) groups excluding carboxylic acids is 1. The van der Waals surface area contributed by atoms with Crippen molar-refractivity contribution in [3.63, 3.8) is 0 Å². The Labute approximate surface area is 274 Å². The molecule has 0 unspecified atom stereocenters. The predicted molar refractivity (Wildman–Crippen MR) is 173 cm³/mol. The van der Waals surface area contributed by atoms with Crippen molar-refractivity contribution in [2.75, 3.05) is 47.0 Å². The van der Waals surface area contributed by atoms with Gasteiger partial charge in [-0.3, -0.25) is 10.8 Å². The largest absolute Gasteiger partial charge is 0.496 e. The molecule has 254 valence electrons. The Balaban J connectivity index is 1.50. The van der Waals surface area contributed by atoms with Gasteiger partial charge in [-0.05, 0) is 36.1 Å². The van der Waals surface area contributed by atoms with Crippen LogP contribution in [0.1, 0.15) is 24.0 Å². The van der Waals surface area contributed by atoms with E-state index in [-0.39, 0.29) is 18.5 Å². The maximum atomic E-state index is 12.9. The molecule has 0 radical (unpaired) electrons. The second-order valence-corrected chi connectivity index (χ2v) is 11.1. The van der Waals surface area contributed by atoms with Crippen molar-refractivity contribution in [2.24, 2.45) is 11.5 Å². The topological polar surface area (TPSA) is 182 Å². The number of esters is 1. The van der Waals surface area contributed by atoms with E-state index in [0.29, 0.717) is 73.3 Å². The molecule has 6 N–H and O–H groups in total. The van der Waals surface area contributed by atoms with Crippen LogP contribution in [0.5, 0.6) is 11.5 Å². The fourth-order valence-corrected chi connectivity index (χ4v) is 5.71. The molecule has 16 heteroatoms. The third kappa shape index (κ3) is 7.21. The number of alkyl halides is 3. The minimum atomic E-state index is -5.13. The molecule has 2 aliphatic heterocycles. The zero-order valence-electron chi connectivity index (χ0n) is 26.4. The lowest BCUT2D eigenvalue weighted by molar-refractivity contribution is -0.199. The van der Waals surface area contributed by atoms with Crippen molar-refractivity contribution in [3.8, 4) is 34.3 Å². The fourth-order valence-electron chi connectivity index (χ4n) is 5.71. The van der Waals surface area contributed by atoms with Gasteiger partial charge < -0.3 is 40.0 Å². The molecule has 1 aromatic heterocycles. The molecule has 3 aromatic rings. The average Bonchev–Trinajstić information content (AvgIpc) is 3.51. The van der Waals surface area contributed by atoms with E-state index in [1.165, 1.54) is 14.2 Å². The summed E-state index contributed by atoms with van der Waals surface area (Å²) in [4.78, 5) is 15.0. The molecule has 0 fully saturated rings. The second kappa shape index (κ2) is 14.1. The maximum Gasteiger partial charge on any atom is 0.490 e. The van der Waals surface area contributed by atoms with E-state index < -0.39 is 18.8 Å². The highest BCUT2D eigenvalue weighted by Gasteiger charge is 2.41. The van der Waals surface area contributed by atoms with Crippen LogP contribution in [-0.2, 0) is 16.1 Å². The van der Waals surface area contributed by atoms with Gasteiger partial charge in [0.05, 0.1) is 20.8 Å². The molecule has 0 spiro atoms. The standard InChI is InChI=1S/C32H36F3N9O4/c1-46-25-17-21(3-5-23(25)19-7-11-42(12-8-19)30(36)37)27-40-41-28(44(27)15-16-48-29(45)32(33,34)35)22-4-6-24(26(18-22)47-2)20-9-13-43(14-10-20)31(38)39/h3-7,9,17-18H,8,10-16H2,1-2H3,(H3,36,37)(H3,38,39). The SMILES string of the molecule is COc1cc(-c2nnc(-c3ccc(C4=CCN(C(=N)N)CC4)c(OC)c3)n2CCOC(=O)C(F)(F)F)ccc1C1=CCN(C(=N)N)CC1. The molecule has 0 bridgehead atoms. The van der Waals surface area contributed by atoms with E-state index in [2.05, 4.69) is 14.9 Å². The van der Waals surface area contributed by atoms with Gasteiger partial charge in [0.25, 0.3) is 0 Å². The Morgan fingerprint density at radius 1 is 0.833 bits per heavy atom. The highest BCUT2D eigenvalue weighted by Crippen LogP contribution is 2.37. The number of aromatic nitrogens is 3. The molecular formula is C32H36F3N9O4.